The second kappa shape index (κ2) is 7.33. The molecule has 0 aliphatic heterocycles. The van der Waals surface area contributed by atoms with E-state index in [1.807, 2.05) is 48.5 Å². The molecule has 5 aromatic rings. The van der Waals surface area contributed by atoms with Gasteiger partial charge in [-0.2, -0.15) is 5.10 Å². The summed E-state index contributed by atoms with van der Waals surface area (Å²) in [5.41, 5.74) is 3.62. The summed E-state index contributed by atoms with van der Waals surface area (Å²) in [6.07, 6.45) is 1.63. The molecule has 4 nitrogen and oxygen atoms in total. The molecule has 4 heteroatoms. The number of hydrazone groups is 1. The van der Waals surface area contributed by atoms with Crippen molar-refractivity contribution in [1.82, 2.24) is 5.43 Å². The molecule has 0 aliphatic carbocycles. The van der Waals surface area contributed by atoms with Gasteiger partial charge in [0.1, 0.15) is 5.75 Å². The van der Waals surface area contributed by atoms with Crippen LogP contribution in [-0.4, -0.2) is 17.2 Å². The van der Waals surface area contributed by atoms with E-state index in [4.69, 9.17) is 0 Å². The topological polar surface area (TPSA) is 61.7 Å². The first-order chi connectivity index (χ1) is 14.7. The minimum atomic E-state index is -0.458. The molecule has 1 amide bonds. The molecular formula is C26H18N2O2. The molecule has 0 aromatic heterocycles. The van der Waals surface area contributed by atoms with Crippen molar-refractivity contribution in [3.63, 3.8) is 0 Å². The molecule has 5 aromatic carbocycles. The molecule has 2 N–H and O–H groups in total. The maximum absolute atomic E-state index is 12.6. The average Bonchev–Trinajstić information content (AvgIpc) is 2.77. The Kier molecular flexibility index (Phi) is 4.37. The predicted molar refractivity (Wildman–Crippen MR) is 122 cm³/mol. The number of phenols is 1. The van der Waals surface area contributed by atoms with E-state index < -0.39 is 5.91 Å². The van der Waals surface area contributed by atoms with Crippen molar-refractivity contribution < 1.29 is 9.90 Å². The first-order valence-corrected chi connectivity index (χ1v) is 9.66. The van der Waals surface area contributed by atoms with Crippen molar-refractivity contribution in [2.45, 2.75) is 0 Å². The largest absolute Gasteiger partial charge is 0.507 e. The minimum absolute atomic E-state index is 0.0713. The molecule has 0 bridgehead atoms. The van der Waals surface area contributed by atoms with Crippen LogP contribution in [0.25, 0.3) is 32.3 Å². The SMILES string of the molecule is O=C(N/N=C/c1cccc2cc3ccccc3cc12)c1cc2ccccc2cc1O. The van der Waals surface area contributed by atoms with Gasteiger partial charge in [0.25, 0.3) is 5.91 Å². The van der Waals surface area contributed by atoms with Crippen LogP contribution in [-0.2, 0) is 0 Å². The lowest BCUT2D eigenvalue weighted by molar-refractivity contribution is 0.0952. The lowest BCUT2D eigenvalue weighted by Crippen LogP contribution is -2.17. The maximum Gasteiger partial charge on any atom is 0.275 e. The summed E-state index contributed by atoms with van der Waals surface area (Å²) in [7, 11) is 0. The molecule has 0 heterocycles. The van der Waals surface area contributed by atoms with Crippen molar-refractivity contribution in [2.24, 2.45) is 5.10 Å². The van der Waals surface area contributed by atoms with Gasteiger partial charge >= 0.3 is 0 Å². The van der Waals surface area contributed by atoms with Crippen LogP contribution >= 0.6 is 0 Å². The zero-order chi connectivity index (χ0) is 20.5. The molecule has 0 aliphatic rings. The quantitative estimate of drug-likeness (QED) is 0.239. The van der Waals surface area contributed by atoms with Gasteiger partial charge in [-0.15, -0.1) is 0 Å². The van der Waals surface area contributed by atoms with Gasteiger partial charge in [0.2, 0.25) is 0 Å². The summed E-state index contributed by atoms with van der Waals surface area (Å²) < 4.78 is 0. The lowest BCUT2D eigenvalue weighted by Gasteiger charge is -2.07. The van der Waals surface area contributed by atoms with Crippen molar-refractivity contribution in [3.8, 4) is 5.75 Å². The Labute approximate surface area is 173 Å². The van der Waals surface area contributed by atoms with Gasteiger partial charge in [-0.05, 0) is 56.6 Å². The summed E-state index contributed by atoms with van der Waals surface area (Å²) in [6.45, 7) is 0. The van der Waals surface area contributed by atoms with Crippen LogP contribution in [0.4, 0.5) is 0 Å². The molecule has 5 rings (SSSR count). The summed E-state index contributed by atoms with van der Waals surface area (Å²) in [6, 6.07) is 29.3. The molecule has 30 heavy (non-hydrogen) atoms. The Hall–Kier alpha value is -4.18. The van der Waals surface area contributed by atoms with Crippen LogP contribution in [0.15, 0.2) is 96.1 Å². The molecule has 144 valence electrons. The van der Waals surface area contributed by atoms with E-state index in [1.54, 1.807) is 18.3 Å². The van der Waals surface area contributed by atoms with E-state index in [0.29, 0.717) is 0 Å². The highest BCUT2D eigenvalue weighted by atomic mass is 16.3. The Morgan fingerprint density at radius 3 is 2.07 bits per heavy atom. The monoisotopic (exact) mass is 390 g/mol. The first kappa shape index (κ1) is 17.9. The minimum Gasteiger partial charge on any atom is -0.507 e. The van der Waals surface area contributed by atoms with E-state index in [-0.39, 0.29) is 11.3 Å². The van der Waals surface area contributed by atoms with Gasteiger partial charge in [-0.3, -0.25) is 4.79 Å². The zero-order valence-electron chi connectivity index (χ0n) is 16.0. The van der Waals surface area contributed by atoms with Gasteiger partial charge in [-0.25, -0.2) is 5.43 Å². The van der Waals surface area contributed by atoms with Crippen molar-refractivity contribution >= 4 is 44.4 Å². The van der Waals surface area contributed by atoms with Crippen LogP contribution < -0.4 is 5.43 Å². The number of carbonyl (C=O) groups is 1. The number of nitrogens with one attached hydrogen (secondary N) is 1. The molecule has 0 spiro atoms. The summed E-state index contributed by atoms with van der Waals surface area (Å²) in [5, 5.41) is 20.6. The second-order valence-electron chi connectivity index (χ2n) is 7.18. The summed E-state index contributed by atoms with van der Waals surface area (Å²) >= 11 is 0. The van der Waals surface area contributed by atoms with Crippen molar-refractivity contribution in [1.29, 1.82) is 0 Å². The zero-order valence-corrected chi connectivity index (χ0v) is 16.0. The number of nitrogens with zero attached hydrogens (tertiary/aromatic N) is 1. The number of rotatable bonds is 3. The Morgan fingerprint density at radius 1 is 0.733 bits per heavy atom. The number of carbonyl (C=O) groups excluding carboxylic acids is 1. The number of benzene rings is 5. The molecule has 0 saturated carbocycles. The van der Waals surface area contributed by atoms with Crippen LogP contribution in [0.1, 0.15) is 15.9 Å². The van der Waals surface area contributed by atoms with Gasteiger partial charge in [0, 0.05) is 5.56 Å². The van der Waals surface area contributed by atoms with Crippen molar-refractivity contribution in [3.05, 3.63) is 102 Å². The molecular weight excluding hydrogens is 372 g/mol. The van der Waals surface area contributed by atoms with Crippen LogP contribution in [0.2, 0.25) is 0 Å². The van der Waals surface area contributed by atoms with Crippen molar-refractivity contribution in [2.75, 3.05) is 0 Å². The third-order valence-electron chi connectivity index (χ3n) is 5.26. The smallest absolute Gasteiger partial charge is 0.275 e. The Balaban J connectivity index is 1.44. The lowest BCUT2D eigenvalue weighted by atomic mass is 10.0. The molecule has 0 radical (unpaired) electrons. The van der Waals surface area contributed by atoms with E-state index >= 15 is 0 Å². The summed E-state index contributed by atoms with van der Waals surface area (Å²) in [4.78, 5) is 12.6. The Bertz CT molecular complexity index is 1450. The third kappa shape index (κ3) is 3.25. The van der Waals surface area contributed by atoms with Crippen LogP contribution in [0, 0.1) is 0 Å². The highest BCUT2D eigenvalue weighted by Gasteiger charge is 2.11. The predicted octanol–water partition coefficient (Wildman–Crippen LogP) is 5.62. The normalized spacial score (nSPS) is 11.5. The number of aromatic hydroxyl groups is 1. The fourth-order valence-corrected chi connectivity index (χ4v) is 3.73. The number of hydrogen-bond acceptors (Lipinski definition) is 3. The van der Waals surface area contributed by atoms with Gasteiger partial charge in [0.15, 0.2) is 0 Å². The van der Waals surface area contributed by atoms with E-state index in [1.165, 1.54) is 5.39 Å². The standard InChI is InChI=1S/C26H18N2O2/c29-25-15-20-9-4-3-8-19(20)14-24(25)26(30)28-27-16-22-11-5-10-21-12-17-6-1-2-7-18(17)13-23(21)22/h1-16,29H,(H,28,30)/b27-16+. The molecule has 0 unspecified atom stereocenters. The Morgan fingerprint density at radius 2 is 1.33 bits per heavy atom. The average molecular weight is 390 g/mol. The van der Waals surface area contributed by atoms with Gasteiger partial charge in [-0.1, -0.05) is 66.7 Å². The highest BCUT2D eigenvalue weighted by Crippen LogP contribution is 2.26. The van der Waals surface area contributed by atoms with E-state index in [9.17, 15) is 9.90 Å². The maximum atomic E-state index is 12.6. The fraction of sp³-hybridized carbons (Fsp3) is 0. The van der Waals surface area contributed by atoms with E-state index in [0.717, 1.165) is 32.5 Å². The number of hydrogen-bond donors (Lipinski definition) is 2. The second-order valence-corrected chi connectivity index (χ2v) is 7.18. The highest BCUT2D eigenvalue weighted by molar-refractivity contribution is 6.07. The number of fused-ring (bicyclic) bond motifs is 3. The van der Waals surface area contributed by atoms with Crippen LogP contribution in [0.5, 0.6) is 5.75 Å². The third-order valence-corrected chi connectivity index (χ3v) is 5.26. The van der Waals surface area contributed by atoms with Gasteiger partial charge < -0.3 is 5.11 Å². The van der Waals surface area contributed by atoms with Gasteiger partial charge in [0.05, 0.1) is 11.8 Å². The molecule has 0 fully saturated rings. The molecule has 0 saturated heterocycles. The first-order valence-electron chi connectivity index (χ1n) is 9.66. The fourth-order valence-electron chi connectivity index (χ4n) is 3.73. The molecule has 0 atom stereocenters. The van der Waals surface area contributed by atoms with E-state index in [2.05, 4.69) is 40.9 Å². The summed E-state index contributed by atoms with van der Waals surface area (Å²) in [5.74, 6) is -0.529. The number of phenolic OH excluding ortho intramolecular Hbond substituents is 1. The van der Waals surface area contributed by atoms with Crippen LogP contribution in [0.3, 0.4) is 0 Å². The number of amides is 1.